The van der Waals surface area contributed by atoms with Crippen molar-refractivity contribution in [3.05, 3.63) is 30.3 Å². The summed E-state index contributed by atoms with van der Waals surface area (Å²) in [5.41, 5.74) is 0. The number of carbonyl (C=O) groups excluding carboxylic acids is 2. The minimum absolute atomic E-state index is 0. The number of nitrogens with one attached hydrogen (secondary N) is 1. The maximum Gasteiger partial charge on any atom is 0.225 e. The van der Waals surface area contributed by atoms with Gasteiger partial charge in [-0.2, -0.15) is 0 Å². The van der Waals surface area contributed by atoms with Gasteiger partial charge in [-0.1, -0.05) is 18.2 Å². The number of rotatable bonds is 5. The van der Waals surface area contributed by atoms with Gasteiger partial charge < -0.3 is 19.9 Å². The molecule has 2 heterocycles. The number of nitrogens with zero attached hydrogens (tertiary/aromatic N) is 2. The quantitative estimate of drug-likeness (QED) is 0.827. The summed E-state index contributed by atoms with van der Waals surface area (Å²) in [5, 5.41) is 3.33. The van der Waals surface area contributed by atoms with Crippen LogP contribution in [-0.2, 0) is 9.59 Å². The van der Waals surface area contributed by atoms with E-state index in [1.807, 2.05) is 40.1 Å². The maximum atomic E-state index is 12.7. The van der Waals surface area contributed by atoms with Gasteiger partial charge in [-0.3, -0.25) is 9.59 Å². The van der Waals surface area contributed by atoms with Crippen LogP contribution in [0.1, 0.15) is 25.7 Å². The second-order valence-corrected chi connectivity index (χ2v) is 7.00. The molecule has 2 saturated heterocycles. The lowest BCUT2D eigenvalue weighted by molar-refractivity contribution is -0.140. The molecule has 0 aliphatic carbocycles. The summed E-state index contributed by atoms with van der Waals surface area (Å²) < 4.78 is 5.60. The van der Waals surface area contributed by atoms with Crippen molar-refractivity contribution >= 4 is 24.2 Å². The first-order valence-electron chi connectivity index (χ1n) is 9.69. The number of hydrogen-bond donors (Lipinski definition) is 1. The van der Waals surface area contributed by atoms with Crippen LogP contribution in [0.4, 0.5) is 0 Å². The zero-order valence-electron chi connectivity index (χ0n) is 15.8. The van der Waals surface area contributed by atoms with Crippen LogP contribution < -0.4 is 10.1 Å². The van der Waals surface area contributed by atoms with E-state index in [2.05, 4.69) is 5.32 Å². The van der Waals surface area contributed by atoms with Crippen molar-refractivity contribution in [2.24, 2.45) is 5.92 Å². The Morgan fingerprint density at radius 1 is 1.00 bits per heavy atom. The van der Waals surface area contributed by atoms with Crippen molar-refractivity contribution in [2.45, 2.75) is 25.7 Å². The van der Waals surface area contributed by atoms with E-state index in [1.165, 1.54) is 0 Å². The van der Waals surface area contributed by atoms with Crippen LogP contribution in [0.2, 0.25) is 0 Å². The molecular weight excluding hydrogens is 366 g/mol. The van der Waals surface area contributed by atoms with Crippen molar-refractivity contribution in [3.8, 4) is 5.75 Å². The fourth-order valence-corrected chi connectivity index (χ4v) is 3.63. The van der Waals surface area contributed by atoms with Crippen LogP contribution in [0.25, 0.3) is 0 Å². The molecule has 1 aromatic carbocycles. The van der Waals surface area contributed by atoms with Crippen LogP contribution in [0, 0.1) is 5.92 Å². The van der Waals surface area contributed by atoms with E-state index in [9.17, 15) is 9.59 Å². The maximum absolute atomic E-state index is 12.7. The number of halogens is 1. The Balaban J connectivity index is 0.00000261. The SMILES string of the molecule is Cl.O=C(CCOc1ccccc1)N1CCC(C(=O)N2CCCNCC2)CC1. The van der Waals surface area contributed by atoms with Gasteiger partial charge in [0.1, 0.15) is 5.75 Å². The fourth-order valence-electron chi connectivity index (χ4n) is 3.63. The Morgan fingerprint density at radius 3 is 2.48 bits per heavy atom. The predicted octanol–water partition coefficient (Wildman–Crippen LogP) is 1.94. The number of ether oxygens (including phenoxy) is 1. The molecule has 0 aromatic heterocycles. The molecule has 6 nitrogen and oxygen atoms in total. The molecule has 0 bridgehead atoms. The van der Waals surface area contributed by atoms with Gasteiger partial charge >= 0.3 is 0 Å². The summed E-state index contributed by atoms with van der Waals surface area (Å²) in [5.74, 6) is 1.24. The fraction of sp³-hybridized carbons (Fsp3) is 0.600. The Hall–Kier alpha value is -1.79. The van der Waals surface area contributed by atoms with E-state index in [0.717, 1.165) is 51.2 Å². The smallest absolute Gasteiger partial charge is 0.225 e. The molecule has 2 aliphatic heterocycles. The van der Waals surface area contributed by atoms with Crippen molar-refractivity contribution in [3.63, 3.8) is 0 Å². The molecule has 0 radical (unpaired) electrons. The number of hydrogen-bond acceptors (Lipinski definition) is 4. The van der Waals surface area contributed by atoms with Crippen LogP contribution in [0.3, 0.4) is 0 Å². The molecule has 2 aliphatic rings. The lowest BCUT2D eigenvalue weighted by atomic mass is 9.95. The highest BCUT2D eigenvalue weighted by molar-refractivity contribution is 5.85. The Morgan fingerprint density at radius 2 is 1.74 bits per heavy atom. The third-order valence-corrected chi connectivity index (χ3v) is 5.18. The van der Waals surface area contributed by atoms with E-state index in [4.69, 9.17) is 4.74 Å². The molecule has 2 fully saturated rings. The summed E-state index contributed by atoms with van der Waals surface area (Å²) in [7, 11) is 0. The summed E-state index contributed by atoms with van der Waals surface area (Å²) in [6.07, 6.45) is 2.94. The Kier molecular flexibility index (Phi) is 8.88. The molecule has 1 N–H and O–H groups in total. The molecule has 27 heavy (non-hydrogen) atoms. The predicted molar refractivity (Wildman–Crippen MR) is 107 cm³/mol. The molecule has 2 amide bonds. The minimum Gasteiger partial charge on any atom is -0.493 e. The van der Waals surface area contributed by atoms with Crippen LogP contribution in [0.15, 0.2) is 30.3 Å². The van der Waals surface area contributed by atoms with E-state index in [-0.39, 0.29) is 30.1 Å². The number of piperidine rings is 1. The summed E-state index contributed by atoms with van der Waals surface area (Å²) in [4.78, 5) is 28.9. The average Bonchev–Trinajstić information content (AvgIpc) is 2.98. The molecule has 7 heteroatoms. The van der Waals surface area contributed by atoms with Gasteiger partial charge in [-0.05, 0) is 37.9 Å². The largest absolute Gasteiger partial charge is 0.493 e. The molecule has 150 valence electrons. The topological polar surface area (TPSA) is 61.9 Å². The molecule has 3 rings (SSSR count). The van der Waals surface area contributed by atoms with Crippen molar-refractivity contribution < 1.29 is 14.3 Å². The van der Waals surface area contributed by atoms with Crippen molar-refractivity contribution in [2.75, 3.05) is 45.9 Å². The normalized spacial score (nSPS) is 18.4. The van der Waals surface area contributed by atoms with E-state index < -0.39 is 0 Å². The lowest BCUT2D eigenvalue weighted by Crippen LogP contribution is -2.45. The van der Waals surface area contributed by atoms with Gasteiger partial charge in [-0.15, -0.1) is 12.4 Å². The standard InChI is InChI=1S/C20H29N3O3.ClH/c24-19(9-16-26-18-5-2-1-3-6-18)22-13-7-17(8-14-22)20(25)23-12-4-10-21-11-15-23;/h1-3,5-6,17,21H,4,7-16H2;1H. The van der Waals surface area contributed by atoms with E-state index in [0.29, 0.717) is 26.1 Å². The molecule has 0 unspecified atom stereocenters. The molecule has 0 spiro atoms. The van der Waals surface area contributed by atoms with Gasteiger partial charge in [-0.25, -0.2) is 0 Å². The van der Waals surface area contributed by atoms with Crippen molar-refractivity contribution in [1.82, 2.24) is 15.1 Å². The van der Waals surface area contributed by atoms with E-state index in [1.54, 1.807) is 0 Å². The van der Waals surface area contributed by atoms with Crippen LogP contribution in [-0.4, -0.2) is 67.5 Å². The highest BCUT2D eigenvalue weighted by Crippen LogP contribution is 2.21. The van der Waals surface area contributed by atoms with E-state index >= 15 is 0 Å². The highest BCUT2D eigenvalue weighted by atomic mass is 35.5. The molecule has 0 atom stereocenters. The summed E-state index contributed by atoms with van der Waals surface area (Å²) in [6.45, 7) is 5.25. The highest BCUT2D eigenvalue weighted by Gasteiger charge is 2.30. The van der Waals surface area contributed by atoms with Gasteiger partial charge in [0, 0.05) is 38.6 Å². The van der Waals surface area contributed by atoms with Gasteiger partial charge in [0.25, 0.3) is 0 Å². The second-order valence-electron chi connectivity index (χ2n) is 7.00. The number of para-hydroxylation sites is 1. The third kappa shape index (κ3) is 6.40. The lowest BCUT2D eigenvalue weighted by Gasteiger charge is -2.34. The summed E-state index contributed by atoms with van der Waals surface area (Å²) in [6, 6.07) is 9.55. The zero-order chi connectivity index (χ0) is 18.2. The van der Waals surface area contributed by atoms with Gasteiger partial charge in [0.05, 0.1) is 13.0 Å². The van der Waals surface area contributed by atoms with Crippen LogP contribution in [0.5, 0.6) is 5.75 Å². The van der Waals surface area contributed by atoms with Crippen molar-refractivity contribution in [1.29, 1.82) is 0 Å². The number of likely N-dealkylation sites (tertiary alicyclic amines) is 1. The molecule has 1 aromatic rings. The summed E-state index contributed by atoms with van der Waals surface area (Å²) >= 11 is 0. The monoisotopic (exact) mass is 395 g/mol. The van der Waals surface area contributed by atoms with Gasteiger partial charge in [0.15, 0.2) is 0 Å². The molecular formula is C20H30ClN3O3. The average molecular weight is 396 g/mol. The first-order valence-corrected chi connectivity index (χ1v) is 9.69. The van der Waals surface area contributed by atoms with Gasteiger partial charge in [0.2, 0.25) is 11.8 Å². The minimum atomic E-state index is 0. The first-order chi connectivity index (χ1) is 12.7. The third-order valence-electron chi connectivity index (χ3n) is 5.18. The number of amides is 2. The number of carbonyl (C=O) groups is 2. The molecule has 0 saturated carbocycles. The first kappa shape index (κ1) is 21.5. The Bertz CT molecular complexity index is 583. The number of benzene rings is 1. The zero-order valence-corrected chi connectivity index (χ0v) is 16.6. The van der Waals surface area contributed by atoms with Crippen LogP contribution >= 0.6 is 12.4 Å². The Labute approximate surface area is 167 Å². The second kappa shape index (κ2) is 11.1.